The second kappa shape index (κ2) is 7.21. The van der Waals surface area contributed by atoms with Gasteiger partial charge in [-0.1, -0.05) is 25.1 Å². The number of carbonyl (C=O) groups excluding carboxylic acids is 1. The molecule has 1 aromatic rings. The summed E-state index contributed by atoms with van der Waals surface area (Å²) in [5.41, 5.74) is -0.382. The highest BCUT2D eigenvalue weighted by atomic mass is 19.4. The van der Waals surface area contributed by atoms with Crippen molar-refractivity contribution >= 4 is 11.9 Å². The van der Waals surface area contributed by atoms with Gasteiger partial charge in [-0.25, -0.2) is 4.79 Å². The Kier molecular flexibility index (Phi) is 5.48. The van der Waals surface area contributed by atoms with Crippen LogP contribution in [0.4, 0.5) is 13.2 Å². The highest BCUT2D eigenvalue weighted by molar-refractivity contribution is 5.84. The molecule has 1 amide bonds. The molecular weight excluding hydrogens is 327 g/mol. The van der Waals surface area contributed by atoms with Gasteiger partial charge in [0.1, 0.15) is 0 Å². The maximum atomic E-state index is 12.8. The number of halogens is 3. The van der Waals surface area contributed by atoms with Crippen LogP contribution in [0.15, 0.2) is 24.3 Å². The minimum atomic E-state index is -4.45. The molecule has 24 heavy (non-hydrogen) atoms. The highest BCUT2D eigenvalue weighted by Crippen LogP contribution is 2.32. The smallest absolute Gasteiger partial charge is 0.416 e. The minimum absolute atomic E-state index is 0.0644. The summed E-state index contributed by atoms with van der Waals surface area (Å²) in [7, 11) is 0. The topological polar surface area (TPSA) is 66.8 Å². The van der Waals surface area contributed by atoms with E-state index in [1.54, 1.807) is 6.92 Å². The molecule has 1 aromatic carbocycles. The molecule has 0 bridgehead atoms. The van der Waals surface area contributed by atoms with E-state index in [2.05, 4.69) is 0 Å². The fourth-order valence-corrected chi connectivity index (χ4v) is 2.63. The van der Waals surface area contributed by atoms with Crippen LogP contribution in [0.2, 0.25) is 0 Å². The maximum Gasteiger partial charge on any atom is 0.416 e. The Morgan fingerprint density at radius 1 is 1.42 bits per heavy atom. The number of nitrogens with zero attached hydrogens (tertiary/aromatic N) is 1. The number of amides is 1. The molecule has 1 heterocycles. The van der Waals surface area contributed by atoms with Crippen molar-refractivity contribution in [2.45, 2.75) is 31.5 Å². The first-order valence-corrected chi connectivity index (χ1v) is 7.47. The van der Waals surface area contributed by atoms with E-state index in [0.717, 1.165) is 12.1 Å². The third-order valence-electron chi connectivity index (χ3n) is 4.00. The van der Waals surface area contributed by atoms with Gasteiger partial charge in [-0.3, -0.25) is 4.79 Å². The summed E-state index contributed by atoms with van der Waals surface area (Å²) in [5.74, 6) is -2.03. The number of ether oxygens (including phenoxy) is 1. The highest BCUT2D eigenvalue weighted by Gasteiger charge is 2.34. The summed E-state index contributed by atoms with van der Waals surface area (Å²) in [4.78, 5) is 24.8. The minimum Gasteiger partial charge on any atom is -0.480 e. The van der Waals surface area contributed by atoms with Crippen molar-refractivity contribution in [2.24, 2.45) is 0 Å². The summed E-state index contributed by atoms with van der Waals surface area (Å²) >= 11 is 0. The molecule has 2 atom stereocenters. The summed E-state index contributed by atoms with van der Waals surface area (Å²) in [6.45, 7) is 1.96. The molecular formula is C16H18F3NO4. The number of hydrogen-bond acceptors (Lipinski definition) is 3. The molecule has 1 saturated heterocycles. The van der Waals surface area contributed by atoms with Crippen molar-refractivity contribution in [3.05, 3.63) is 35.4 Å². The van der Waals surface area contributed by atoms with Crippen LogP contribution in [0, 0.1) is 0 Å². The molecule has 0 saturated carbocycles. The quantitative estimate of drug-likeness (QED) is 0.911. The fraction of sp³-hybridized carbons (Fsp3) is 0.500. The van der Waals surface area contributed by atoms with Crippen LogP contribution in [0.3, 0.4) is 0 Å². The van der Waals surface area contributed by atoms with Gasteiger partial charge in [0.2, 0.25) is 5.91 Å². The van der Waals surface area contributed by atoms with Crippen LogP contribution in [0.1, 0.15) is 30.4 Å². The Morgan fingerprint density at radius 3 is 2.75 bits per heavy atom. The van der Waals surface area contributed by atoms with Gasteiger partial charge >= 0.3 is 12.1 Å². The number of carboxylic acids is 1. The summed E-state index contributed by atoms with van der Waals surface area (Å²) in [5, 5.41) is 9.14. The van der Waals surface area contributed by atoms with Gasteiger partial charge in [-0.15, -0.1) is 0 Å². The predicted molar refractivity (Wildman–Crippen MR) is 78.4 cm³/mol. The molecule has 0 aromatic heterocycles. The number of alkyl halides is 3. The summed E-state index contributed by atoms with van der Waals surface area (Å²) in [6.07, 6.45) is -4.51. The number of morpholine rings is 1. The van der Waals surface area contributed by atoms with E-state index in [-0.39, 0.29) is 26.2 Å². The average molecular weight is 345 g/mol. The summed E-state index contributed by atoms with van der Waals surface area (Å²) in [6, 6.07) is 3.77. The maximum absolute atomic E-state index is 12.8. The van der Waals surface area contributed by atoms with Crippen LogP contribution >= 0.6 is 0 Å². The van der Waals surface area contributed by atoms with Gasteiger partial charge in [0.25, 0.3) is 0 Å². The SMILES string of the molecule is C[C@H](CC(=O)N1CCOC[C@@H]1C(=O)O)c1cccc(C(F)(F)F)c1. The van der Waals surface area contributed by atoms with Crippen LogP contribution in [-0.4, -0.2) is 47.7 Å². The van der Waals surface area contributed by atoms with Crippen molar-refractivity contribution < 1.29 is 32.6 Å². The van der Waals surface area contributed by atoms with Crippen LogP contribution in [0.25, 0.3) is 0 Å². The van der Waals surface area contributed by atoms with Gasteiger partial charge in [0.15, 0.2) is 6.04 Å². The van der Waals surface area contributed by atoms with Gasteiger partial charge in [0, 0.05) is 13.0 Å². The third-order valence-corrected chi connectivity index (χ3v) is 4.00. The lowest BCUT2D eigenvalue weighted by molar-refractivity contribution is -0.158. The van der Waals surface area contributed by atoms with Crippen molar-refractivity contribution in [1.82, 2.24) is 4.90 Å². The Balaban J connectivity index is 2.10. The zero-order chi connectivity index (χ0) is 17.9. The van der Waals surface area contributed by atoms with Crippen molar-refractivity contribution in [2.75, 3.05) is 19.8 Å². The molecule has 132 valence electrons. The van der Waals surface area contributed by atoms with E-state index in [1.165, 1.54) is 17.0 Å². The molecule has 8 heteroatoms. The normalized spacial score (nSPS) is 19.8. The molecule has 1 aliphatic rings. The van der Waals surface area contributed by atoms with Crippen molar-refractivity contribution in [3.8, 4) is 0 Å². The molecule has 0 aliphatic carbocycles. The molecule has 1 fully saturated rings. The van der Waals surface area contributed by atoms with Crippen LogP contribution < -0.4 is 0 Å². The van der Waals surface area contributed by atoms with Gasteiger partial charge in [0.05, 0.1) is 18.8 Å². The second-order valence-electron chi connectivity index (χ2n) is 5.74. The molecule has 1 N–H and O–H groups in total. The number of hydrogen-bond donors (Lipinski definition) is 1. The average Bonchev–Trinajstić information content (AvgIpc) is 2.54. The Labute approximate surface area is 137 Å². The van der Waals surface area contributed by atoms with E-state index in [4.69, 9.17) is 9.84 Å². The van der Waals surface area contributed by atoms with Crippen LogP contribution in [-0.2, 0) is 20.5 Å². The Bertz CT molecular complexity index is 618. The fourth-order valence-electron chi connectivity index (χ4n) is 2.63. The number of aliphatic carboxylic acids is 1. The molecule has 1 aliphatic heterocycles. The van der Waals surface area contributed by atoms with E-state index in [1.807, 2.05) is 0 Å². The van der Waals surface area contributed by atoms with E-state index < -0.39 is 35.6 Å². The first kappa shape index (κ1) is 18.3. The molecule has 0 radical (unpaired) electrons. The van der Waals surface area contributed by atoms with Crippen LogP contribution in [0.5, 0.6) is 0 Å². The molecule has 0 unspecified atom stereocenters. The van der Waals surface area contributed by atoms with Crippen molar-refractivity contribution in [3.63, 3.8) is 0 Å². The zero-order valence-corrected chi connectivity index (χ0v) is 13.0. The standard InChI is InChI=1S/C16H18F3NO4/c1-10(11-3-2-4-12(8-11)16(17,18)19)7-14(21)20-5-6-24-9-13(20)15(22)23/h2-4,8,10,13H,5-7,9H2,1H3,(H,22,23)/t10-,13-/m1/s1. The second-order valence-corrected chi connectivity index (χ2v) is 5.74. The monoisotopic (exact) mass is 345 g/mol. The number of benzene rings is 1. The number of rotatable bonds is 4. The lowest BCUT2D eigenvalue weighted by Crippen LogP contribution is -2.52. The van der Waals surface area contributed by atoms with Gasteiger partial charge in [-0.2, -0.15) is 13.2 Å². The van der Waals surface area contributed by atoms with Gasteiger partial charge < -0.3 is 14.7 Å². The predicted octanol–water partition coefficient (Wildman–Crippen LogP) is 2.51. The first-order valence-electron chi connectivity index (χ1n) is 7.47. The van der Waals surface area contributed by atoms with E-state index in [9.17, 15) is 22.8 Å². The molecule has 0 spiro atoms. The largest absolute Gasteiger partial charge is 0.480 e. The van der Waals surface area contributed by atoms with E-state index in [0.29, 0.717) is 5.56 Å². The van der Waals surface area contributed by atoms with Crippen molar-refractivity contribution in [1.29, 1.82) is 0 Å². The van der Waals surface area contributed by atoms with E-state index >= 15 is 0 Å². The van der Waals surface area contributed by atoms with Gasteiger partial charge in [-0.05, 0) is 17.5 Å². The molecule has 5 nitrogen and oxygen atoms in total. The first-order chi connectivity index (χ1) is 11.2. The molecule has 2 rings (SSSR count). The Hall–Kier alpha value is -2.09. The number of carboxylic acid groups (broad SMARTS) is 1. The zero-order valence-electron chi connectivity index (χ0n) is 13.0. The lowest BCUT2D eigenvalue weighted by Gasteiger charge is -2.33. The number of carbonyl (C=O) groups is 2. The summed E-state index contributed by atoms with van der Waals surface area (Å²) < 4.78 is 43.4. The lowest BCUT2D eigenvalue weighted by atomic mass is 9.95. The third kappa shape index (κ3) is 4.25. The Morgan fingerprint density at radius 2 is 2.12 bits per heavy atom.